The van der Waals surface area contributed by atoms with E-state index < -0.39 is 10.0 Å². The minimum atomic E-state index is -3.60. The smallest absolute Gasteiger partial charge is 0.261 e. The van der Waals surface area contributed by atoms with Gasteiger partial charge in [-0.05, 0) is 49.2 Å². The molecule has 0 saturated carbocycles. The second kappa shape index (κ2) is 6.83. The Morgan fingerprint density at radius 1 is 1.04 bits per heavy atom. The lowest BCUT2D eigenvalue weighted by Crippen LogP contribution is -2.36. The molecule has 0 spiro atoms. The minimum absolute atomic E-state index is 0.277. The van der Waals surface area contributed by atoms with E-state index in [-0.39, 0.29) is 4.90 Å². The normalized spacial score (nSPS) is 15.3. The van der Waals surface area contributed by atoms with Crippen molar-refractivity contribution < 1.29 is 13.2 Å². The number of rotatable bonds is 4. The van der Waals surface area contributed by atoms with Crippen molar-refractivity contribution in [3.63, 3.8) is 0 Å². The molecule has 1 aliphatic heterocycles. The maximum Gasteiger partial charge on any atom is 0.261 e. The van der Waals surface area contributed by atoms with Crippen molar-refractivity contribution in [2.75, 3.05) is 35.9 Å². The quantitative estimate of drug-likeness (QED) is 0.925. The van der Waals surface area contributed by atoms with Gasteiger partial charge < -0.3 is 9.64 Å². The van der Waals surface area contributed by atoms with Gasteiger partial charge in [-0.2, -0.15) is 0 Å². The van der Waals surface area contributed by atoms with Crippen LogP contribution in [0.2, 0.25) is 0 Å². The molecular formula is C18H22N2O3S. The monoisotopic (exact) mass is 346 g/mol. The number of sulfonamides is 1. The summed E-state index contributed by atoms with van der Waals surface area (Å²) >= 11 is 0. The van der Waals surface area contributed by atoms with Crippen molar-refractivity contribution in [1.82, 2.24) is 0 Å². The van der Waals surface area contributed by atoms with Gasteiger partial charge in [0, 0.05) is 18.8 Å². The molecule has 1 aliphatic rings. The fourth-order valence-electron chi connectivity index (χ4n) is 2.72. The highest BCUT2D eigenvalue weighted by atomic mass is 32.2. The number of nitrogens with one attached hydrogen (secondary N) is 1. The Kier molecular flexibility index (Phi) is 4.78. The van der Waals surface area contributed by atoms with E-state index in [4.69, 9.17) is 4.74 Å². The Balaban J connectivity index is 1.88. The van der Waals surface area contributed by atoms with Crippen molar-refractivity contribution in [2.24, 2.45) is 0 Å². The number of hydrogen-bond donors (Lipinski definition) is 1. The van der Waals surface area contributed by atoms with Gasteiger partial charge in [-0.25, -0.2) is 8.42 Å². The van der Waals surface area contributed by atoms with Gasteiger partial charge in [0.2, 0.25) is 0 Å². The number of morpholine rings is 1. The lowest BCUT2D eigenvalue weighted by atomic mass is 10.1. The first kappa shape index (κ1) is 16.8. The molecule has 2 aromatic carbocycles. The largest absolute Gasteiger partial charge is 0.378 e. The highest BCUT2D eigenvalue weighted by Gasteiger charge is 2.17. The van der Waals surface area contributed by atoms with Crippen LogP contribution in [0.15, 0.2) is 47.4 Å². The molecule has 0 radical (unpaired) electrons. The van der Waals surface area contributed by atoms with E-state index in [9.17, 15) is 8.42 Å². The van der Waals surface area contributed by atoms with Gasteiger partial charge in [-0.15, -0.1) is 0 Å². The van der Waals surface area contributed by atoms with E-state index in [2.05, 4.69) is 9.62 Å². The Labute approximate surface area is 143 Å². The summed E-state index contributed by atoms with van der Waals surface area (Å²) < 4.78 is 33.4. The second-order valence-corrected chi connectivity index (χ2v) is 7.70. The number of anilines is 2. The van der Waals surface area contributed by atoms with Crippen molar-refractivity contribution in [3.05, 3.63) is 53.6 Å². The van der Waals surface area contributed by atoms with Crippen LogP contribution in [0.3, 0.4) is 0 Å². The minimum Gasteiger partial charge on any atom is -0.378 e. The Morgan fingerprint density at radius 2 is 1.79 bits per heavy atom. The van der Waals surface area contributed by atoms with Gasteiger partial charge >= 0.3 is 0 Å². The predicted molar refractivity (Wildman–Crippen MR) is 96.2 cm³/mol. The van der Waals surface area contributed by atoms with Crippen LogP contribution < -0.4 is 9.62 Å². The number of hydrogen-bond acceptors (Lipinski definition) is 4. The van der Waals surface area contributed by atoms with Crippen LogP contribution in [0.1, 0.15) is 11.1 Å². The molecule has 1 fully saturated rings. The molecule has 3 rings (SSSR count). The summed E-state index contributed by atoms with van der Waals surface area (Å²) in [5.74, 6) is 0. The third kappa shape index (κ3) is 3.71. The molecule has 0 bridgehead atoms. The summed E-state index contributed by atoms with van der Waals surface area (Å²) in [6.45, 7) is 6.79. The van der Waals surface area contributed by atoms with Crippen molar-refractivity contribution in [2.45, 2.75) is 18.7 Å². The van der Waals surface area contributed by atoms with Crippen LogP contribution in [0.5, 0.6) is 0 Å². The molecule has 0 amide bonds. The zero-order chi connectivity index (χ0) is 17.2. The highest BCUT2D eigenvalue weighted by Crippen LogP contribution is 2.26. The first-order chi connectivity index (χ1) is 11.5. The second-order valence-electron chi connectivity index (χ2n) is 6.02. The summed E-state index contributed by atoms with van der Waals surface area (Å²) in [6.07, 6.45) is 0. The van der Waals surface area contributed by atoms with Gasteiger partial charge in [0.1, 0.15) is 0 Å². The van der Waals surface area contributed by atoms with Crippen LogP contribution in [-0.2, 0) is 14.8 Å². The van der Waals surface area contributed by atoms with Crippen molar-refractivity contribution in [3.8, 4) is 0 Å². The Hall–Kier alpha value is -2.05. The van der Waals surface area contributed by atoms with E-state index in [0.29, 0.717) is 18.9 Å². The summed E-state index contributed by atoms with van der Waals surface area (Å²) in [5, 5.41) is 0. The summed E-state index contributed by atoms with van der Waals surface area (Å²) in [7, 11) is -3.60. The SMILES string of the molecule is Cc1cccc(S(=O)(=O)Nc2cc(N3CCOCC3)ccc2C)c1. The lowest BCUT2D eigenvalue weighted by molar-refractivity contribution is 0.122. The van der Waals surface area contributed by atoms with Crippen molar-refractivity contribution >= 4 is 21.4 Å². The molecule has 24 heavy (non-hydrogen) atoms. The van der Waals surface area contributed by atoms with Crippen LogP contribution in [0, 0.1) is 13.8 Å². The molecule has 1 saturated heterocycles. The van der Waals surface area contributed by atoms with Crippen LogP contribution >= 0.6 is 0 Å². The summed E-state index contributed by atoms with van der Waals surface area (Å²) in [5.41, 5.74) is 3.42. The topological polar surface area (TPSA) is 58.6 Å². The first-order valence-corrected chi connectivity index (χ1v) is 9.47. The fourth-order valence-corrected chi connectivity index (χ4v) is 3.95. The average molecular weight is 346 g/mol. The molecule has 0 atom stereocenters. The van der Waals surface area contributed by atoms with Crippen LogP contribution in [0.25, 0.3) is 0 Å². The molecule has 1 N–H and O–H groups in total. The van der Waals surface area contributed by atoms with E-state index in [1.807, 2.05) is 38.1 Å². The molecule has 128 valence electrons. The van der Waals surface area contributed by atoms with Gasteiger partial charge in [-0.1, -0.05) is 18.2 Å². The van der Waals surface area contributed by atoms with Crippen LogP contribution in [0.4, 0.5) is 11.4 Å². The average Bonchev–Trinajstić information content (AvgIpc) is 2.57. The molecule has 0 unspecified atom stereocenters. The third-order valence-electron chi connectivity index (χ3n) is 4.14. The zero-order valence-corrected chi connectivity index (χ0v) is 14.8. The zero-order valence-electron chi connectivity index (χ0n) is 14.0. The van der Waals surface area contributed by atoms with Gasteiger partial charge in [0.15, 0.2) is 0 Å². The maximum atomic E-state index is 12.6. The summed E-state index contributed by atoms with van der Waals surface area (Å²) in [4.78, 5) is 2.48. The Morgan fingerprint density at radius 3 is 2.50 bits per heavy atom. The molecule has 5 nitrogen and oxygen atoms in total. The van der Waals surface area contributed by atoms with E-state index in [1.54, 1.807) is 18.2 Å². The molecule has 0 aromatic heterocycles. The lowest BCUT2D eigenvalue weighted by Gasteiger charge is -2.29. The van der Waals surface area contributed by atoms with Gasteiger partial charge in [-0.3, -0.25) is 4.72 Å². The van der Waals surface area contributed by atoms with Gasteiger partial charge in [0.05, 0.1) is 23.8 Å². The molecule has 0 aliphatic carbocycles. The molecular weight excluding hydrogens is 324 g/mol. The number of nitrogens with zero attached hydrogens (tertiary/aromatic N) is 1. The van der Waals surface area contributed by atoms with Gasteiger partial charge in [0.25, 0.3) is 10.0 Å². The highest BCUT2D eigenvalue weighted by molar-refractivity contribution is 7.92. The van der Waals surface area contributed by atoms with E-state index in [0.717, 1.165) is 29.9 Å². The van der Waals surface area contributed by atoms with E-state index >= 15 is 0 Å². The molecule has 1 heterocycles. The summed E-state index contributed by atoms with van der Waals surface area (Å²) in [6, 6.07) is 12.8. The first-order valence-electron chi connectivity index (χ1n) is 7.98. The Bertz CT molecular complexity index is 828. The van der Waals surface area contributed by atoms with Crippen LogP contribution in [-0.4, -0.2) is 34.7 Å². The maximum absolute atomic E-state index is 12.6. The standard InChI is InChI=1S/C18H22N2O3S/c1-14-4-3-5-17(12-14)24(21,22)19-18-13-16(7-6-15(18)2)20-8-10-23-11-9-20/h3-7,12-13,19H,8-11H2,1-2H3. The third-order valence-corrected chi connectivity index (χ3v) is 5.50. The molecule has 2 aromatic rings. The molecule has 6 heteroatoms. The van der Waals surface area contributed by atoms with E-state index in [1.165, 1.54) is 0 Å². The number of aryl methyl sites for hydroxylation is 2. The fraction of sp³-hybridized carbons (Fsp3) is 0.333. The van der Waals surface area contributed by atoms with Crippen molar-refractivity contribution in [1.29, 1.82) is 0 Å². The number of benzene rings is 2. The predicted octanol–water partition coefficient (Wildman–Crippen LogP) is 2.94. The number of ether oxygens (including phenoxy) is 1.